The first-order valence-electron chi connectivity index (χ1n) is 7.28. The van der Waals surface area contributed by atoms with Gasteiger partial charge in [-0.15, -0.1) is 0 Å². The van der Waals surface area contributed by atoms with Crippen molar-refractivity contribution >= 4 is 27.3 Å². The van der Waals surface area contributed by atoms with Gasteiger partial charge in [0, 0.05) is 5.69 Å². The third-order valence-corrected chi connectivity index (χ3v) is 4.66. The first-order chi connectivity index (χ1) is 11.2. The van der Waals surface area contributed by atoms with Gasteiger partial charge in [0.2, 0.25) is 15.9 Å². The second kappa shape index (κ2) is 7.00. The fourth-order valence-corrected chi connectivity index (χ4v) is 3.23. The van der Waals surface area contributed by atoms with Crippen LogP contribution in [0.5, 0.6) is 0 Å². The molecule has 0 radical (unpaired) electrons. The van der Waals surface area contributed by atoms with Gasteiger partial charge in [-0.05, 0) is 49.2 Å². The molecule has 0 unspecified atom stereocenters. The van der Waals surface area contributed by atoms with Crippen LogP contribution in [0.25, 0.3) is 0 Å². The number of sulfonamides is 1. The van der Waals surface area contributed by atoms with Crippen molar-refractivity contribution in [2.24, 2.45) is 0 Å². The molecule has 7 heteroatoms. The van der Waals surface area contributed by atoms with Crippen LogP contribution >= 0.6 is 0 Å². The minimum Gasteiger partial charge on any atom is -0.324 e. The lowest BCUT2D eigenvalue weighted by Gasteiger charge is -2.23. The molecule has 0 spiro atoms. The van der Waals surface area contributed by atoms with Gasteiger partial charge >= 0.3 is 0 Å². The molecule has 2 aromatic carbocycles. The monoisotopic (exact) mass is 350 g/mol. The van der Waals surface area contributed by atoms with Crippen LogP contribution in [0.2, 0.25) is 0 Å². The minimum atomic E-state index is -3.63. The Balaban J connectivity index is 2.24. The highest BCUT2D eigenvalue weighted by atomic mass is 32.2. The van der Waals surface area contributed by atoms with Gasteiger partial charge in [-0.3, -0.25) is 9.10 Å². The van der Waals surface area contributed by atoms with Crippen LogP contribution in [0.1, 0.15) is 11.1 Å². The Labute approximate surface area is 141 Å². The number of rotatable bonds is 5. The van der Waals surface area contributed by atoms with Crippen LogP contribution in [0.15, 0.2) is 42.5 Å². The van der Waals surface area contributed by atoms with Gasteiger partial charge in [-0.2, -0.15) is 0 Å². The van der Waals surface area contributed by atoms with Crippen molar-refractivity contribution in [3.8, 4) is 0 Å². The van der Waals surface area contributed by atoms with Gasteiger partial charge in [-0.25, -0.2) is 12.8 Å². The normalized spacial score (nSPS) is 11.2. The average molecular weight is 350 g/mol. The van der Waals surface area contributed by atoms with Crippen molar-refractivity contribution in [1.29, 1.82) is 0 Å². The number of carbonyl (C=O) groups is 1. The Hall–Kier alpha value is -2.41. The Morgan fingerprint density at radius 1 is 1.12 bits per heavy atom. The summed E-state index contributed by atoms with van der Waals surface area (Å²) in [5.74, 6) is -0.901. The molecule has 128 valence electrons. The standard InChI is InChI=1S/C17H19FN2O3S/c1-12-6-4-5-7-16(12)20(24(3,22)23)11-17(21)19-15-9-8-14(18)10-13(15)2/h4-10H,11H2,1-3H3,(H,19,21). The van der Waals surface area contributed by atoms with Crippen LogP contribution in [-0.2, 0) is 14.8 Å². The average Bonchev–Trinajstić information content (AvgIpc) is 2.47. The molecule has 5 nitrogen and oxygen atoms in total. The number of benzene rings is 2. The van der Waals surface area contributed by atoms with Crippen molar-refractivity contribution in [2.45, 2.75) is 13.8 Å². The highest BCUT2D eigenvalue weighted by molar-refractivity contribution is 7.92. The lowest BCUT2D eigenvalue weighted by Crippen LogP contribution is -2.37. The zero-order chi connectivity index (χ0) is 17.9. The maximum absolute atomic E-state index is 13.1. The molecule has 0 aliphatic heterocycles. The summed E-state index contributed by atoms with van der Waals surface area (Å²) in [4.78, 5) is 12.3. The second-order valence-electron chi connectivity index (χ2n) is 5.56. The smallest absolute Gasteiger partial charge is 0.245 e. The molecule has 0 bridgehead atoms. The SMILES string of the molecule is Cc1cc(F)ccc1NC(=O)CN(c1ccccc1C)S(C)(=O)=O. The summed E-state index contributed by atoms with van der Waals surface area (Å²) in [6, 6.07) is 10.9. The van der Waals surface area contributed by atoms with E-state index in [1.54, 1.807) is 38.1 Å². The number of amides is 1. The number of halogens is 1. The van der Waals surface area contributed by atoms with Gasteiger partial charge in [-0.1, -0.05) is 18.2 Å². The topological polar surface area (TPSA) is 66.5 Å². The first-order valence-corrected chi connectivity index (χ1v) is 9.12. The van der Waals surface area contributed by atoms with E-state index in [-0.39, 0.29) is 6.54 Å². The van der Waals surface area contributed by atoms with Crippen molar-refractivity contribution < 1.29 is 17.6 Å². The van der Waals surface area contributed by atoms with E-state index in [0.717, 1.165) is 16.1 Å². The molecule has 0 atom stereocenters. The molecule has 0 aromatic heterocycles. The quantitative estimate of drug-likeness (QED) is 0.902. The summed E-state index contributed by atoms with van der Waals surface area (Å²) < 4.78 is 38.3. The molecule has 2 aromatic rings. The molecule has 0 heterocycles. The number of nitrogens with one attached hydrogen (secondary N) is 1. The lowest BCUT2D eigenvalue weighted by molar-refractivity contribution is -0.114. The first kappa shape index (κ1) is 17.9. The molecule has 1 N–H and O–H groups in total. The molecular weight excluding hydrogens is 331 g/mol. The van der Waals surface area contributed by atoms with E-state index >= 15 is 0 Å². The number of para-hydroxylation sites is 1. The Morgan fingerprint density at radius 2 is 1.79 bits per heavy atom. The number of anilines is 2. The van der Waals surface area contributed by atoms with Crippen LogP contribution in [0.3, 0.4) is 0 Å². The highest BCUT2D eigenvalue weighted by Crippen LogP contribution is 2.22. The van der Waals surface area contributed by atoms with E-state index in [1.807, 2.05) is 0 Å². The summed E-state index contributed by atoms with van der Waals surface area (Å²) in [7, 11) is -3.63. The van der Waals surface area contributed by atoms with Crippen LogP contribution < -0.4 is 9.62 Å². The number of hydrogen-bond acceptors (Lipinski definition) is 3. The molecule has 0 fully saturated rings. The summed E-state index contributed by atoms with van der Waals surface area (Å²) in [6.45, 7) is 3.07. The summed E-state index contributed by atoms with van der Waals surface area (Å²) in [5, 5.41) is 2.62. The molecule has 0 aliphatic rings. The molecule has 2 rings (SSSR count). The maximum Gasteiger partial charge on any atom is 0.245 e. The largest absolute Gasteiger partial charge is 0.324 e. The Bertz CT molecular complexity index is 866. The third-order valence-electron chi connectivity index (χ3n) is 3.53. The Kier molecular flexibility index (Phi) is 5.23. The summed E-state index contributed by atoms with van der Waals surface area (Å²) >= 11 is 0. The van der Waals surface area contributed by atoms with E-state index in [2.05, 4.69) is 5.32 Å². The fourth-order valence-electron chi connectivity index (χ4n) is 2.31. The predicted octanol–water partition coefficient (Wildman–Crippen LogP) is 2.85. The summed E-state index contributed by atoms with van der Waals surface area (Å²) in [6.07, 6.45) is 1.05. The molecule has 0 saturated heterocycles. The molecule has 0 saturated carbocycles. The second-order valence-corrected chi connectivity index (χ2v) is 7.47. The van der Waals surface area contributed by atoms with Crippen LogP contribution in [0.4, 0.5) is 15.8 Å². The van der Waals surface area contributed by atoms with Crippen molar-refractivity contribution in [3.63, 3.8) is 0 Å². The molecule has 24 heavy (non-hydrogen) atoms. The number of nitrogens with zero attached hydrogens (tertiary/aromatic N) is 1. The van der Waals surface area contributed by atoms with Crippen molar-refractivity contribution in [2.75, 3.05) is 22.4 Å². The van der Waals surface area contributed by atoms with Crippen molar-refractivity contribution in [1.82, 2.24) is 0 Å². The zero-order valence-electron chi connectivity index (χ0n) is 13.7. The van der Waals surface area contributed by atoms with Crippen LogP contribution in [0, 0.1) is 19.7 Å². The predicted molar refractivity (Wildman–Crippen MR) is 93.1 cm³/mol. The van der Waals surface area contributed by atoms with Gasteiger partial charge in [0.15, 0.2) is 0 Å². The van der Waals surface area contributed by atoms with E-state index in [0.29, 0.717) is 16.9 Å². The van der Waals surface area contributed by atoms with E-state index in [9.17, 15) is 17.6 Å². The van der Waals surface area contributed by atoms with Gasteiger partial charge in [0.1, 0.15) is 12.4 Å². The maximum atomic E-state index is 13.1. The van der Waals surface area contributed by atoms with Gasteiger partial charge in [0.05, 0.1) is 11.9 Å². The lowest BCUT2D eigenvalue weighted by atomic mass is 10.2. The van der Waals surface area contributed by atoms with E-state index < -0.39 is 21.7 Å². The third kappa shape index (κ3) is 4.32. The van der Waals surface area contributed by atoms with E-state index in [1.165, 1.54) is 18.2 Å². The van der Waals surface area contributed by atoms with E-state index in [4.69, 9.17) is 0 Å². The van der Waals surface area contributed by atoms with Gasteiger partial charge in [0.25, 0.3) is 0 Å². The minimum absolute atomic E-state index is 0.361. The van der Waals surface area contributed by atoms with Gasteiger partial charge < -0.3 is 5.32 Å². The molecule has 1 amide bonds. The highest BCUT2D eigenvalue weighted by Gasteiger charge is 2.22. The fraction of sp³-hybridized carbons (Fsp3) is 0.235. The van der Waals surface area contributed by atoms with Crippen LogP contribution in [-0.4, -0.2) is 27.1 Å². The molecule has 0 aliphatic carbocycles. The zero-order valence-corrected chi connectivity index (χ0v) is 14.5. The number of aryl methyl sites for hydroxylation is 2. The number of carbonyl (C=O) groups excluding carboxylic acids is 1. The Morgan fingerprint density at radius 3 is 2.38 bits per heavy atom. The van der Waals surface area contributed by atoms with Crippen molar-refractivity contribution in [3.05, 3.63) is 59.4 Å². The summed E-state index contributed by atoms with van der Waals surface area (Å²) in [5.41, 5.74) is 2.20. The molecular formula is C17H19FN2O3S. The number of hydrogen-bond donors (Lipinski definition) is 1.